The highest BCUT2D eigenvalue weighted by atomic mass is 19.2. The standard InChI is InChI=1S/C18H26F2N4O3/c1-5-24(11-17(27)23-18(2,3)4)10-16(26)21-9-15(25)22-12-6-7-13(19)14(20)8-12/h6-8H,5,9-11H2,1-4H3,(H,21,26)(H,22,25)(H,23,27)/p+1. The molecule has 1 unspecified atom stereocenters. The Morgan fingerprint density at radius 2 is 1.63 bits per heavy atom. The lowest BCUT2D eigenvalue weighted by atomic mass is 10.1. The van der Waals surface area contributed by atoms with E-state index in [4.69, 9.17) is 0 Å². The van der Waals surface area contributed by atoms with Crippen molar-refractivity contribution in [3.05, 3.63) is 29.8 Å². The molecule has 0 aromatic heterocycles. The molecule has 1 aromatic rings. The van der Waals surface area contributed by atoms with Gasteiger partial charge in [-0.3, -0.25) is 14.4 Å². The Balaban J connectivity index is 2.42. The molecule has 0 aliphatic heterocycles. The highest BCUT2D eigenvalue weighted by Crippen LogP contribution is 2.12. The Bertz CT molecular complexity index is 690. The van der Waals surface area contributed by atoms with Crippen LogP contribution < -0.4 is 20.9 Å². The van der Waals surface area contributed by atoms with Crippen LogP contribution in [0.1, 0.15) is 27.7 Å². The Hall–Kier alpha value is -2.55. The molecule has 0 aliphatic carbocycles. The number of hydrogen-bond acceptors (Lipinski definition) is 3. The molecule has 1 rings (SSSR count). The summed E-state index contributed by atoms with van der Waals surface area (Å²) in [5.41, 5.74) is -0.261. The van der Waals surface area contributed by atoms with E-state index < -0.39 is 23.4 Å². The fourth-order valence-corrected chi connectivity index (χ4v) is 2.25. The lowest BCUT2D eigenvalue weighted by molar-refractivity contribution is -0.881. The second kappa shape index (κ2) is 9.96. The summed E-state index contributed by atoms with van der Waals surface area (Å²) in [6.07, 6.45) is 0. The summed E-state index contributed by atoms with van der Waals surface area (Å²) in [7, 11) is 0. The van der Waals surface area contributed by atoms with Gasteiger partial charge < -0.3 is 20.9 Å². The van der Waals surface area contributed by atoms with Gasteiger partial charge in [0, 0.05) is 17.3 Å². The van der Waals surface area contributed by atoms with E-state index in [-0.39, 0.29) is 36.8 Å². The van der Waals surface area contributed by atoms with Gasteiger partial charge in [-0.15, -0.1) is 0 Å². The van der Waals surface area contributed by atoms with Crippen LogP contribution in [0.25, 0.3) is 0 Å². The van der Waals surface area contributed by atoms with Gasteiger partial charge in [-0.2, -0.15) is 0 Å². The third-order valence-corrected chi connectivity index (χ3v) is 3.49. The number of carbonyl (C=O) groups excluding carboxylic acids is 3. The zero-order valence-corrected chi connectivity index (χ0v) is 16.0. The Labute approximate surface area is 157 Å². The van der Waals surface area contributed by atoms with E-state index in [1.54, 1.807) is 0 Å². The Morgan fingerprint density at radius 3 is 2.19 bits per heavy atom. The van der Waals surface area contributed by atoms with E-state index in [1.807, 2.05) is 27.7 Å². The third-order valence-electron chi connectivity index (χ3n) is 3.49. The van der Waals surface area contributed by atoms with Crippen LogP contribution in [0, 0.1) is 11.6 Å². The van der Waals surface area contributed by atoms with Crippen LogP contribution in [0.4, 0.5) is 14.5 Å². The van der Waals surface area contributed by atoms with Crippen molar-refractivity contribution in [3.63, 3.8) is 0 Å². The highest BCUT2D eigenvalue weighted by molar-refractivity contribution is 5.94. The molecule has 1 atom stereocenters. The minimum absolute atomic E-state index is 0.0342. The number of anilines is 1. The van der Waals surface area contributed by atoms with Crippen LogP contribution in [0.3, 0.4) is 0 Å². The summed E-state index contributed by atoms with van der Waals surface area (Å²) < 4.78 is 26.0. The molecule has 27 heavy (non-hydrogen) atoms. The first-order chi connectivity index (χ1) is 12.5. The topological polar surface area (TPSA) is 91.7 Å². The SMILES string of the molecule is CC[NH+](CC(=O)NCC(=O)Nc1ccc(F)c(F)c1)CC(=O)NC(C)(C)C. The van der Waals surface area contributed by atoms with E-state index in [9.17, 15) is 23.2 Å². The molecule has 0 saturated carbocycles. The van der Waals surface area contributed by atoms with E-state index in [2.05, 4.69) is 16.0 Å². The van der Waals surface area contributed by atoms with Crippen LogP contribution in [-0.2, 0) is 14.4 Å². The molecule has 0 bridgehead atoms. The summed E-state index contributed by atoms with van der Waals surface area (Å²) in [4.78, 5) is 36.5. The smallest absolute Gasteiger partial charge is 0.275 e. The average Bonchev–Trinajstić information content (AvgIpc) is 2.54. The van der Waals surface area contributed by atoms with Crippen molar-refractivity contribution in [2.45, 2.75) is 33.2 Å². The molecule has 4 N–H and O–H groups in total. The molecular formula is C18H27F2N4O3+. The molecule has 0 radical (unpaired) electrons. The quantitative estimate of drug-likeness (QED) is 0.501. The van der Waals surface area contributed by atoms with Gasteiger partial charge in [0.15, 0.2) is 24.7 Å². The maximum Gasteiger partial charge on any atom is 0.275 e. The van der Waals surface area contributed by atoms with E-state index >= 15 is 0 Å². The van der Waals surface area contributed by atoms with Gasteiger partial charge in [0.05, 0.1) is 13.1 Å². The number of benzene rings is 1. The van der Waals surface area contributed by atoms with Gasteiger partial charge in [0.2, 0.25) is 5.91 Å². The zero-order valence-electron chi connectivity index (χ0n) is 16.0. The van der Waals surface area contributed by atoms with E-state index in [1.165, 1.54) is 6.07 Å². The number of quaternary nitrogens is 1. The van der Waals surface area contributed by atoms with Crippen LogP contribution in [-0.4, -0.2) is 49.4 Å². The summed E-state index contributed by atoms with van der Waals surface area (Å²) in [5, 5.41) is 7.63. The number of likely N-dealkylation sites (N-methyl/N-ethyl adjacent to an activating group) is 1. The van der Waals surface area contributed by atoms with Crippen molar-refractivity contribution in [3.8, 4) is 0 Å². The summed E-state index contributed by atoms with van der Waals surface area (Å²) in [5.74, 6) is -3.22. The molecule has 1 aromatic carbocycles. The van der Waals surface area contributed by atoms with Gasteiger partial charge in [0.1, 0.15) is 0 Å². The second-order valence-corrected chi connectivity index (χ2v) is 7.21. The summed E-state index contributed by atoms with van der Waals surface area (Å²) in [6.45, 7) is 7.88. The Morgan fingerprint density at radius 1 is 1.00 bits per heavy atom. The molecule has 0 fully saturated rings. The minimum Gasteiger partial charge on any atom is -0.347 e. The van der Waals surface area contributed by atoms with Gasteiger partial charge in [0.25, 0.3) is 11.8 Å². The maximum atomic E-state index is 13.1. The number of halogens is 2. The number of rotatable bonds is 8. The summed E-state index contributed by atoms with van der Waals surface area (Å²) in [6, 6.07) is 2.97. The fraction of sp³-hybridized carbons (Fsp3) is 0.500. The van der Waals surface area contributed by atoms with Crippen molar-refractivity contribution < 1.29 is 28.1 Å². The molecule has 0 spiro atoms. The largest absolute Gasteiger partial charge is 0.347 e. The number of nitrogens with one attached hydrogen (secondary N) is 4. The first kappa shape index (κ1) is 22.5. The van der Waals surface area contributed by atoms with E-state index in [0.717, 1.165) is 17.0 Å². The Kier molecular flexibility index (Phi) is 8.30. The molecule has 9 heteroatoms. The molecule has 0 aliphatic rings. The van der Waals surface area contributed by atoms with Gasteiger partial charge in [-0.1, -0.05) is 0 Å². The lowest BCUT2D eigenvalue weighted by Gasteiger charge is -2.22. The van der Waals surface area contributed by atoms with Crippen molar-refractivity contribution in [2.75, 3.05) is 31.5 Å². The highest BCUT2D eigenvalue weighted by Gasteiger charge is 2.20. The van der Waals surface area contributed by atoms with Crippen molar-refractivity contribution in [1.29, 1.82) is 0 Å². The van der Waals surface area contributed by atoms with Crippen LogP contribution >= 0.6 is 0 Å². The first-order valence-corrected chi connectivity index (χ1v) is 8.66. The molecule has 150 valence electrons. The minimum atomic E-state index is -1.08. The molecule has 7 nitrogen and oxygen atoms in total. The predicted octanol–water partition coefficient (Wildman–Crippen LogP) is -0.161. The van der Waals surface area contributed by atoms with Gasteiger partial charge >= 0.3 is 0 Å². The van der Waals surface area contributed by atoms with Crippen LogP contribution in [0.5, 0.6) is 0 Å². The number of amides is 3. The maximum absolute atomic E-state index is 13.1. The van der Waals surface area contributed by atoms with Crippen LogP contribution in [0.2, 0.25) is 0 Å². The number of carbonyl (C=O) groups is 3. The number of hydrogen-bond donors (Lipinski definition) is 4. The molecule has 0 saturated heterocycles. The van der Waals surface area contributed by atoms with Crippen molar-refractivity contribution >= 4 is 23.4 Å². The van der Waals surface area contributed by atoms with Gasteiger partial charge in [-0.05, 0) is 39.8 Å². The molecular weight excluding hydrogens is 358 g/mol. The normalized spacial score (nSPS) is 12.2. The average molecular weight is 385 g/mol. The molecule has 3 amide bonds. The third kappa shape index (κ3) is 9.09. The first-order valence-electron chi connectivity index (χ1n) is 8.66. The second-order valence-electron chi connectivity index (χ2n) is 7.21. The van der Waals surface area contributed by atoms with Gasteiger partial charge in [-0.25, -0.2) is 8.78 Å². The predicted molar refractivity (Wildman–Crippen MR) is 97.1 cm³/mol. The van der Waals surface area contributed by atoms with E-state index in [0.29, 0.717) is 6.54 Å². The lowest BCUT2D eigenvalue weighted by Crippen LogP contribution is -3.14. The molecule has 0 heterocycles. The summed E-state index contributed by atoms with van der Waals surface area (Å²) >= 11 is 0. The van der Waals surface area contributed by atoms with Crippen molar-refractivity contribution in [2.24, 2.45) is 0 Å². The van der Waals surface area contributed by atoms with Crippen LogP contribution in [0.15, 0.2) is 18.2 Å². The monoisotopic (exact) mass is 385 g/mol. The zero-order chi connectivity index (χ0) is 20.6. The fourth-order valence-electron chi connectivity index (χ4n) is 2.25. The van der Waals surface area contributed by atoms with Crippen molar-refractivity contribution in [1.82, 2.24) is 10.6 Å².